The van der Waals surface area contributed by atoms with E-state index in [4.69, 9.17) is 4.74 Å². The van der Waals surface area contributed by atoms with Gasteiger partial charge in [-0.25, -0.2) is 4.98 Å². The maximum Gasteiger partial charge on any atom is 0.421 e. The van der Waals surface area contributed by atoms with Gasteiger partial charge in [-0.15, -0.1) is 0 Å². The molecule has 0 radical (unpaired) electrons. The van der Waals surface area contributed by atoms with Crippen LogP contribution in [-0.4, -0.2) is 68.3 Å². The number of anilines is 5. The number of likely N-dealkylation sites (N-methyl/N-ethyl adjacent to an activating group) is 1. The van der Waals surface area contributed by atoms with Crippen molar-refractivity contribution in [2.75, 3.05) is 68.2 Å². The van der Waals surface area contributed by atoms with Gasteiger partial charge >= 0.3 is 6.18 Å². The van der Waals surface area contributed by atoms with Crippen LogP contribution in [0.4, 0.5) is 42.0 Å². The van der Waals surface area contributed by atoms with Gasteiger partial charge < -0.3 is 35.8 Å². The van der Waals surface area contributed by atoms with Gasteiger partial charge in [-0.1, -0.05) is 18.7 Å². The van der Waals surface area contributed by atoms with Gasteiger partial charge in [-0.2, -0.15) is 18.2 Å². The van der Waals surface area contributed by atoms with E-state index in [9.17, 15) is 13.2 Å². The molecule has 3 heterocycles. The molecule has 12 heteroatoms. The minimum absolute atomic E-state index is 0.0273. The van der Waals surface area contributed by atoms with Gasteiger partial charge in [-0.3, -0.25) is 0 Å². The first-order chi connectivity index (χ1) is 20.6. The first kappa shape index (κ1) is 30.4. The molecule has 0 saturated carbocycles. The number of nitrogens with zero attached hydrogens (tertiary/aromatic N) is 4. The summed E-state index contributed by atoms with van der Waals surface area (Å²) in [6.45, 7) is 7.94. The molecule has 43 heavy (non-hydrogen) atoms. The number of rotatable bonds is 11. The minimum atomic E-state index is -4.62. The predicted molar refractivity (Wildman–Crippen MR) is 165 cm³/mol. The van der Waals surface area contributed by atoms with E-state index in [0.717, 1.165) is 73.4 Å². The van der Waals surface area contributed by atoms with Crippen LogP contribution in [0.15, 0.2) is 54.9 Å². The third kappa shape index (κ3) is 7.49. The molecule has 0 bridgehead atoms. The molecule has 230 valence electrons. The second kappa shape index (κ2) is 13.1. The highest BCUT2D eigenvalue weighted by Crippen LogP contribution is 2.37. The van der Waals surface area contributed by atoms with Crippen LogP contribution in [-0.2, 0) is 19.1 Å². The second-order valence-electron chi connectivity index (χ2n) is 11.2. The van der Waals surface area contributed by atoms with Gasteiger partial charge in [0, 0.05) is 74.5 Å². The van der Waals surface area contributed by atoms with Crippen LogP contribution in [0.25, 0.3) is 0 Å². The Hall–Kier alpha value is -4.03. The summed E-state index contributed by atoms with van der Waals surface area (Å²) in [5.74, 6) is 0.277. The SMILES string of the molecule is C=C1Cc2c(CNc3nc(Nc4ccc(N5CCC(NCCN(C)C)CC5)cc4OC)ncc3C(F)(F)F)cccc2N1. The number of halogens is 3. The second-order valence-corrected chi connectivity index (χ2v) is 11.2. The number of hydrogen-bond donors (Lipinski definition) is 4. The number of allylic oxidation sites excluding steroid dienone is 1. The fourth-order valence-electron chi connectivity index (χ4n) is 5.47. The quantitative estimate of drug-likeness (QED) is 0.230. The van der Waals surface area contributed by atoms with Crippen molar-refractivity contribution in [3.05, 3.63) is 71.6 Å². The molecular weight excluding hydrogens is 557 g/mol. The molecule has 4 N–H and O–H groups in total. The van der Waals surface area contributed by atoms with Crippen LogP contribution in [0.3, 0.4) is 0 Å². The van der Waals surface area contributed by atoms with Crippen molar-refractivity contribution in [1.82, 2.24) is 20.2 Å². The molecule has 2 aromatic carbocycles. The summed E-state index contributed by atoms with van der Waals surface area (Å²) in [4.78, 5) is 12.7. The first-order valence-corrected chi connectivity index (χ1v) is 14.4. The number of hydrogen-bond acceptors (Lipinski definition) is 9. The van der Waals surface area contributed by atoms with Gasteiger partial charge in [0.15, 0.2) is 0 Å². The number of aromatic nitrogens is 2. The van der Waals surface area contributed by atoms with Crippen LogP contribution in [0.2, 0.25) is 0 Å². The van der Waals surface area contributed by atoms with Gasteiger partial charge in [-0.05, 0) is 56.3 Å². The van der Waals surface area contributed by atoms with Gasteiger partial charge in [0.05, 0.1) is 12.8 Å². The average molecular weight is 597 g/mol. The fourth-order valence-corrected chi connectivity index (χ4v) is 5.47. The summed E-state index contributed by atoms with van der Waals surface area (Å²) in [7, 11) is 5.71. The number of ether oxygens (including phenoxy) is 1. The molecule has 5 rings (SSSR count). The fraction of sp³-hybridized carbons (Fsp3) is 0.419. The molecule has 2 aliphatic heterocycles. The van der Waals surface area contributed by atoms with Crippen molar-refractivity contribution >= 4 is 28.8 Å². The Morgan fingerprint density at radius 2 is 1.95 bits per heavy atom. The van der Waals surface area contributed by atoms with Crippen LogP contribution in [0.1, 0.15) is 29.5 Å². The molecule has 0 unspecified atom stereocenters. The van der Waals surface area contributed by atoms with Crippen LogP contribution < -0.4 is 30.9 Å². The molecule has 0 atom stereocenters. The molecule has 0 spiro atoms. The first-order valence-electron chi connectivity index (χ1n) is 14.4. The van der Waals surface area contributed by atoms with Crippen molar-refractivity contribution in [1.29, 1.82) is 0 Å². The number of methoxy groups -OCH3 is 1. The standard InChI is InChI=1S/C31H39F3N8O/c1-20-16-24-21(6-5-7-26(24)38-20)18-36-29-25(31(32,33)34)19-37-30(40-29)39-27-9-8-23(17-28(27)43-4)42-13-10-22(11-14-42)35-12-15-41(2)3/h5-9,17,19,22,35,38H,1,10-16,18H2,2-4H3,(H2,36,37,39,40). The third-order valence-electron chi connectivity index (χ3n) is 7.80. The summed E-state index contributed by atoms with van der Waals surface area (Å²) in [5.41, 5.74) is 4.30. The zero-order valence-electron chi connectivity index (χ0n) is 24.8. The highest BCUT2D eigenvalue weighted by molar-refractivity contribution is 5.69. The molecule has 0 aliphatic carbocycles. The van der Waals surface area contributed by atoms with E-state index >= 15 is 0 Å². The lowest BCUT2D eigenvalue weighted by Crippen LogP contribution is -2.44. The van der Waals surface area contributed by atoms with E-state index in [0.29, 0.717) is 23.9 Å². The molecule has 1 aromatic heterocycles. The molecule has 1 fully saturated rings. The van der Waals surface area contributed by atoms with Gasteiger partial charge in [0.2, 0.25) is 5.95 Å². The zero-order chi connectivity index (χ0) is 30.6. The van der Waals surface area contributed by atoms with Crippen molar-refractivity contribution in [2.45, 2.75) is 38.0 Å². The Bertz CT molecular complexity index is 1440. The smallest absolute Gasteiger partial charge is 0.421 e. The number of piperidine rings is 1. The van der Waals surface area contributed by atoms with E-state index in [1.54, 1.807) is 7.11 Å². The maximum absolute atomic E-state index is 13.9. The number of fused-ring (bicyclic) bond motifs is 1. The predicted octanol–water partition coefficient (Wildman–Crippen LogP) is 5.46. The van der Waals surface area contributed by atoms with Gasteiger partial charge in [0.1, 0.15) is 17.1 Å². The van der Waals surface area contributed by atoms with Crippen molar-refractivity contribution in [3.8, 4) is 5.75 Å². The van der Waals surface area contributed by atoms with Crippen molar-refractivity contribution < 1.29 is 17.9 Å². The molecule has 9 nitrogen and oxygen atoms in total. The zero-order valence-corrected chi connectivity index (χ0v) is 24.8. The Morgan fingerprint density at radius 3 is 2.67 bits per heavy atom. The largest absolute Gasteiger partial charge is 0.494 e. The summed E-state index contributed by atoms with van der Waals surface area (Å²) in [6.07, 6.45) is -1.11. The van der Waals surface area contributed by atoms with Crippen LogP contribution >= 0.6 is 0 Å². The Balaban J connectivity index is 1.28. The molecule has 3 aromatic rings. The molecule has 2 aliphatic rings. The number of benzene rings is 2. The van der Waals surface area contributed by atoms with E-state index in [2.05, 4.69) is 61.7 Å². The van der Waals surface area contributed by atoms with E-state index in [1.165, 1.54) is 0 Å². The Morgan fingerprint density at radius 1 is 1.16 bits per heavy atom. The highest BCUT2D eigenvalue weighted by Gasteiger charge is 2.35. The van der Waals surface area contributed by atoms with Gasteiger partial charge in [0.25, 0.3) is 0 Å². The van der Waals surface area contributed by atoms with Crippen LogP contribution in [0, 0.1) is 0 Å². The van der Waals surface area contributed by atoms with E-state index < -0.39 is 11.7 Å². The summed E-state index contributed by atoms with van der Waals surface area (Å²) >= 11 is 0. The maximum atomic E-state index is 13.9. The third-order valence-corrected chi connectivity index (χ3v) is 7.80. The van der Waals surface area contributed by atoms with E-state index in [-0.39, 0.29) is 18.3 Å². The molecule has 1 saturated heterocycles. The minimum Gasteiger partial charge on any atom is -0.494 e. The molecule has 0 amide bonds. The lowest BCUT2D eigenvalue weighted by atomic mass is 10.0. The Kier molecular flexibility index (Phi) is 9.26. The normalized spacial score (nSPS) is 15.4. The summed E-state index contributed by atoms with van der Waals surface area (Å²) in [5, 5.41) is 12.8. The topological polar surface area (TPSA) is 89.6 Å². The van der Waals surface area contributed by atoms with Crippen molar-refractivity contribution in [3.63, 3.8) is 0 Å². The highest BCUT2D eigenvalue weighted by atomic mass is 19.4. The van der Waals surface area contributed by atoms with Crippen LogP contribution in [0.5, 0.6) is 5.75 Å². The summed E-state index contributed by atoms with van der Waals surface area (Å²) < 4.78 is 47.2. The summed E-state index contributed by atoms with van der Waals surface area (Å²) in [6, 6.07) is 11.9. The number of nitrogens with one attached hydrogen (secondary N) is 4. The monoisotopic (exact) mass is 596 g/mol. The lowest BCUT2D eigenvalue weighted by Gasteiger charge is -2.34. The van der Waals surface area contributed by atoms with E-state index in [1.807, 2.05) is 36.4 Å². The van der Waals surface area contributed by atoms with Crippen molar-refractivity contribution in [2.24, 2.45) is 0 Å². The number of alkyl halides is 3. The lowest BCUT2D eigenvalue weighted by molar-refractivity contribution is -0.137. The Labute approximate surface area is 250 Å². The molecular formula is C31H39F3N8O. The average Bonchev–Trinajstić information content (AvgIpc) is 3.37.